The van der Waals surface area contributed by atoms with Gasteiger partial charge in [-0.2, -0.15) is 0 Å². The third-order valence-electron chi connectivity index (χ3n) is 3.02. The van der Waals surface area contributed by atoms with Crippen molar-refractivity contribution in [3.8, 4) is 0 Å². The van der Waals surface area contributed by atoms with Crippen LogP contribution in [0.4, 0.5) is 0 Å². The van der Waals surface area contributed by atoms with E-state index < -0.39 is 6.10 Å². The summed E-state index contributed by atoms with van der Waals surface area (Å²) in [5.74, 6) is 0. The number of hydrogen-bond acceptors (Lipinski definition) is 4. The molecule has 0 radical (unpaired) electrons. The SMILES string of the molecule is COC1CC(CN)(OC(C)C(C)O)C1. The van der Waals surface area contributed by atoms with Crippen molar-refractivity contribution in [2.45, 2.75) is 50.6 Å². The highest BCUT2D eigenvalue weighted by molar-refractivity contribution is 4.98. The second kappa shape index (κ2) is 4.57. The number of aliphatic hydroxyl groups is 1. The van der Waals surface area contributed by atoms with E-state index in [1.807, 2.05) is 6.92 Å². The van der Waals surface area contributed by atoms with Crippen molar-refractivity contribution in [3.05, 3.63) is 0 Å². The molecule has 4 nitrogen and oxygen atoms in total. The van der Waals surface area contributed by atoms with Gasteiger partial charge in [0.2, 0.25) is 0 Å². The minimum atomic E-state index is -0.458. The van der Waals surface area contributed by atoms with Crippen LogP contribution < -0.4 is 5.73 Å². The molecule has 0 aromatic rings. The van der Waals surface area contributed by atoms with Crippen LogP contribution in [0, 0.1) is 0 Å². The van der Waals surface area contributed by atoms with Crippen LogP contribution in [-0.4, -0.2) is 42.7 Å². The van der Waals surface area contributed by atoms with Gasteiger partial charge in [0, 0.05) is 26.5 Å². The summed E-state index contributed by atoms with van der Waals surface area (Å²) < 4.78 is 10.9. The van der Waals surface area contributed by atoms with Crippen LogP contribution >= 0.6 is 0 Å². The molecular weight excluding hydrogens is 182 g/mol. The minimum Gasteiger partial charge on any atom is -0.391 e. The first-order valence-electron chi connectivity index (χ1n) is 5.12. The number of ether oxygens (including phenoxy) is 2. The number of aliphatic hydroxyl groups excluding tert-OH is 1. The van der Waals surface area contributed by atoms with Crippen molar-refractivity contribution >= 4 is 0 Å². The zero-order valence-corrected chi connectivity index (χ0v) is 9.19. The van der Waals surface area contributed by atoms with Gasteiger partial charge in [-0.15, -0.1) is 0 Å². The zero-order chi connectivity index (χ0) is 10.8. The molecule has 0 bridgehead atoms. The third kappa shape index (κ3) is 2.45. The van der Waals surface area contributed by atoms with Gasteiger partial charge in [-0.1, -0.05) is 0 Å². The fourth-order valence-corrected chi connectivity index (χ4v) is 1.74. The molecule has 84 valence electrons. The van der Waals surface area contributed by atoms with E-state index in [-0.39, 0.29) is 17.8 Å². The van der Waals surface area contributed by atoms with Gasteiger partial charge in [0.05, 0.1) is 23.9 Å². The maximum absolute atomic E-state index is 9.33. The molecule has 1 aliphatic rings. The maximum atomic E-state index is 9.33. The first-order chi connectivity index (χ1) is 6.53. The predicted molar refractivity (Wildman–Crippen MR) is 54.0 cm³/mol. The Morgan fingerprint density at radius 2 is 2.07 bits per heavy atom. The lowest BCUT2D eigenvalue weighted by Gasteiger charge is -2.47. The summed E-state index contributed by atoms with van der Waals surface area (Å²) in [6.45, 7) is 4.08. The molecule has 2 unspecified atom stereocenters. The van der Waals surface area contributed by atoms with Gasteiger partial charge in [0.1, 0.15) is 0 Å². The standard InChI is InChI=1S/C10H21NO3/c1-7(12)8(2)14-10(6-11)4-9(5-10)13-3/h7-9,12H,4-6,11H2,1-3H3. The lowest BCUT2D eigenvalue weighted by atomic mass is 9.77. The van der Waals surface area contributed by atoms with Crippen LogP contribution in [-0.2, 0) is 9.47 Å². The highest BCUT2D eigenvalue weighted by Gasteiger charge is 2.46. The normalized spacial score (nSPS) is 36.2. The molecule has 0 aliphatic heterocycles. The van der Waals surface area contributed by atoms with E-state index >= 15 is 0 Å². The van der Waals surface area contributed by atoms with Crippen molar-refractivity contribution in [1.82, 2.24) is 0 Å². The molecule has 0 spiro atoms. The average Bonchev–Trinajstić information content (AvgIpc) is 2.10. The Labute approximate surface area is 85.4 Å². The summed E-state index contributed by atoms with van der Waals surface area (Å²) >= 11 is 0. The van der Waals surface area contributed by atoms with Gasteiger partial charge in [-0.3, -0.25) is 0 Å². The molecule has 2 atom stereocenters. The van der Waals surface area contributed by atoms with Gasteiger partial charge in [-0.25, -0.2) is 0 Å². The smallest absolute Gasteiger partial charge is 0.0858 e. The molecule has 0 heterocycles. The fraction of sp³-hybridized carbons (Fsp3) is 1.00. The summed E-state index contributed by atoms with van der Waals surface area (Å²) in [6.07, 6.45) is 1.30. The Kier molecular flexibility index (Phi) is 3.89. The lowest BCUT2D eigenvalue weighted by molar-refractivity contribution is -0.197. The molecule has 4 heteroatoms. The van der Waals surface area contributed by atoms with Crippen molar-refractivity contribution in [1.29, 1.82) is 0 Å². The average molecular weight is 203 g/mol. The van der Waals surface area contributed by atoms with E-state index in [1.165, 1.54) is 0 Å². The van der Waals surface area contributed by atoms with Gasteiger partial charge in [0.15, 0.2) is 0 Å². The summed E-state index contributed by atoms with van der Waals surface area (Å²) in [4.78, 5) is 0. The maximum Gasteiger partial charge on any atom is 0.0858 e. The van der Waals surface area contributed by atoms with E-state index in [2.05, 4.69) is 0 Å². The van der Waals surface area contributed by atoms with Gasteiger partial charge >= 0.3 is 0 Å². The molecular formula is C10H21NO3. The Morgan fingerprint density at radius 3 is 2.43 bits per heavy atom. The van der Waals surface area contributed by atoms with E-state index in [1.54, 1.807) is 14.0 Å². The highest BCUT2D eigenvalue weighted by atomic mass is 16.5. The zero-order valence-electron chi connectivity index (χ0n) is 9.19. The molecule has 0 aromatic heterocycles. The molecule has 0 saturated heterocycles. The Bertz CT molecular complexity index is 178. The number of hydrogen-bond donors (Lipinski definition) is 2. The van der Waals surface area contributed by atoms with Crippen LogP contribution in [0.15, 0.2) is 0 Å². The molecule has 0 amide bonds. The topological polar surface area (TPSA) is 64.7 Å². The fourth-order valence-electron chi connectivity index (χ4n) is 1.74. The first-order valence-corrected chi connectivity index (χ1v) is 5.12. The highest BCUT2D eigenvalue weighted by Crippen LogP contribution is 2.38. The predicted octanol–water partition coefficient (Wildman–Crippen LogP) is 0.279. The molecule has 1 rings (SSSR count). The Hall–Kier alpha value is -0.160. The molecule has 0 aromatic carbocycles. The number of methoxy groups -OCH3 is 1. The quantitative estimate of drug-likeness (QED) is 0.673. The second-order valence-corrected chi connectivity index (χ2v) is 4.22. The first kappa shape index (κ1) is 11.9. The number of nitrogens with two attached hydrogens (primary N) is 1. The number of rotatable bonds is 5. The van der Waals surface area contributed by atoms with E-state index in [0.29, 0.717) is 6.54 Å². The molecule has 1 aliphatic carbocycles. The summed E-state index contributed by atoms with van der Waals surface area (Å²) in [7, 11) is 1.70. The third-order valence-corrected chi connectivity index (χ3v) is 3.02. The van der Waals surface area contributed by atoms with Crippen LogP contribution in [0.5, 0.6) is 0 Å². The van der Waals surface area contributed by atoms with Crippen molar-refractivity contribution < 1.29 is 14.6 Å². The lowest BCUT2D eigenvalue weighted by Crippen LogP contribution is -2.57. The molecule has 14 heavy (non-hydrogen) atoms. The van der Waals surface area contributed by atoms with Crippen molar-refractivity contribution in [2.75, 3.05) is 13.7 Å². The van der Waals surface area contributed by atoms with Gasteiger partial charge < -0.3 is 20.3 Å². The van der Waals surface area contributed by atoms with Crippen LogP contribution in [0.3, 0.4) is 0 Å². The van der Waals surface area contributed by atoms with E-state index in [4.69, 9.17) is 15.2 Å². The van der Waals surface area contributed by atoms with Crippen molar-refractivity contribution in [2.24, 2.45) is 5.73 Å². The molecule has 1 saturated carbocycles. The summed E-state index contributed by atoms with van der Waals surface area (Å²) in [5, 5.41) is 9.33. The Balaban J connectivity index is 2.41. The van der Waals surface area contributed by atoms with E-state index in [0.717, 1.165) is 12.8 Å². The largest absolute Gasteiger partial charge is 0.391 e. The monoisotopic (exact) mass is 203 g/mol. The van der Waals surface area contributed by atoms with Crippen LogP contribution in [0.2, 0.25) is 0 Å². The Morgan fingerprint density at radius 1 is 1.50 bits per heavy atom. The second-order valence-electron chi connectivity index (χ2n) is 4.22. The van der Waals surface area contributed by atoms with Gasteiger partial charge in [0.25, 0.3) is 0 Å². The van der Waals surface area contributed by atoms with Crippen LogP contribution in [0.25, 0.3) is 0 Å². The minimum absolute atomic E-state index is 0.170. The molecule has 3 N–H and O–H groups in total. The summed E-state index contributed by atoms with van der Waals surface area (Å²) in [5.41, 5.74) is 5.41. The van der Waals surface area contributed by atoms with Gasteiger partial charge in [-0.05, 0) is 13.8 Å². The van der Waals surface area contributed by atoms with E-state index in [9.17, 15) is 5.11 Å². The van der Waals surface area contributed by atoms with Crippen LogP contribution in [0.1, 0.15) is 26.7 Å². The summed E-state index contributed by atoms with van der Waals surface area (Å²) in [6, 6.07) is 0. The van der Waals surface area contributed by atoms with Crippen molar-refractivity contribution in [3.63, 3.8) is 0 Å². The molecule has 1 fully saturated rings.